The third kappa shape index (κ3) is 2.65. The zero-order valence-corrected chi connectivity index (χ0v) is 10.4. The van der Waals surface area contributed by atoms with Gasteiger partial charge in [-0.25, -0.2) is 0 Å². The fraction of sp³-hybridized carbons (Fsp3) is 0.250. The molecule has 0 bridgehead atoms. The second-order valence-corrected chi connectivity index (χ2v) is 4.16. The summed E-state index contributed by atoms with van der Waals surface area (Å²) in [6.07, 6.45) is 5.13. The number of nitrogen functional groups attached to an aromatic ring is 1. The van der Waals surface area contributed by atoms with Gasteiger partial charge in [-0.3, -0.25) is 14.5 Å². The summed E-state index contributed by atoms with van der Waals surface area (Å²) in [7, 11) is 3.56. The van der Waals surface area contributed by atoms with Gasteiger partial charge in [0.25, 0.3) is 5.91 Å². The minimum Gasteiger partial charge on any atom is -0.399 e. The fourth-order valence-electron chi connectivity index (χ4n) is 1.66. The highest BCUT2D eigenvalue weighted by Crippen LogP contribution is 2.08. The van der Waals surface area contributed by atoms with Gasteiger partial charge >= 0.3 is 0 Å². The highest BCUT2D eigenvalue weighted by molar-refractivity contribution is 5.92. The molecule has 2 N–H and O–H groups in total. The van der Waals surface area contributed by atoms with Crippen molar-refractivity contribution in [1.82, 2.24) is 19.7 Å². The molecule has 2 aromatic rings. The van der Waals surface area contributed by atoms with E-state index in [1.54, 1.807) is 35.0 Å². The molecule has 0 fully saturated rings. The number of nitrogens with two attached hydrogens (primary N) is 1. The number of anilines is 1. The van der Waals surface area contributed by atoms with Crippen LogP contribution in [0.4, 0.5) is 5.69 Å². The van der Waals surface area contributed by atoms with E-state index >= 15 is 0 Å². The second-order valence-electron chi connectivity index (χ2n) is 4.16. The van der Waals surface area contributed by atoms with E-state index in [2.05, 4.69) is 10.1 Å². The van der Waals surface area contributed by atoms with Gasteiger partial charge in [0.2, 0.25) is 0 Å². The number of nitrogens with zero attached hydrogens (tertiary/aromatic N) is 4. The van der Waals surface area contributed by atoms with Gasteiger partial charge in [0, 0.05) is 44.3 Å². The number of aryl methyl sites for hydroxylation is 1. The number of hydrogen-bond acceptors (Lipinski definition) is 4. The maximum atomic E-state index is 12.1. The van der Waals surface area contributed by atoms with Crippen LogP contribution in [-0.4, -0.2) is 32.6 Å². The average Bonchev–Trinajstić information content (AvgIpc) is 2.73. The van der Waals surface area contributed by atoms with Gasteiger partial charge in [-0.05, 0) is 12.1 Å². The fourth-order valence-corrected chi connectivity index (χ4v) is 1.66. The van der Waals surface area contributed by atoms with Crippen molar-refractivity contribution < 1.29 is 4.79 Å². The molecule has 0 saturated heterocycles. The largest absolute Gasteiger partial charge is 0.399 e. The van der Waals surface area contributed by atoms with E-state index in [0.717, 1.165) is 5.56 Å². The van der Waals surface area contributed by atoms with Gasteiger partial charge in [0.1, 0.15) is 5.69 Å². The quantitative estimate of drug-likeness (QED) is 0.862. The van der Waals surface area contributed by atoms with Crippen molar-refractivity contribution in [2.75, 3.05) is 12.8 Å². The summed E-state index contributed by atoms with van der Waals surface area (Å²) in [5.41, 5.74) is 7.48. The normalized spacial score (nSPS) is 10.3. The predicted octanol–water partition coefficient (Wildman–Crippen LogP) is 0.669. The molecule has 0 aliphatic carbocycles. The molecule has 2 aromatic heterocycles. The Morgan fingerprint density at radius 1 is 1.56 bits per heavy atom. The molecule has 6 heteroatoms. The predicted molar refractivity (Wildman–Crippen MR) is 67.7 cm³/mol. The van der Waals surface area contributed by atoms with Gasteiger partial charge in [0.15, 0.2) is 0 Å². The second kappa shape index (κ2) is 4.87. The Kier molecular flexibility index (Phi) is 3.27. The van der Waals surface area contributed by atoms with Crippen molar-refractivity contribution in [3.05, 3.63) is 42.0 Å². The van der Waals surface area contributed by atoms with E-state index in [1.165, 1.54) is 6.20 Å². The lowest BCUT2D eigenvalue weighted by Crippen LogP contribution is -2.26. The highest BCUT2D eigenvalue weighted by atomic mass is 16.2. The van der Waals surface area contributed by atoms with Crippen LogP contribution in [0.3, 0.4) is 0 Å². The first-order chi connectivity index (χ1) is 8.56. The molecule has 0 spiro atoms. The molecule has 0 aliphatic heterocycles. The van der Waals surface area contributed by atoms with Crippen LogP contribution >= 0.6 is 0 Å². The van der Waals surface area contributed by atoms with E-state index in [4.69, 9.17) is 5.73 Å². The number of aromatic nitrogens is 3. The summed E-state index contributed by atoms with van der Waals surface area (Å²) in [6.45, 7) is 0.489. The van der Waals surface area contributed by atoms with E-state index in [0.29, 0.717) is 17.9 Å². The van der Waals surface area contributed by atoms with Crippen LogP contribution in [0.25, 0.3) is 0 Å². The minimum atomic E-state index is -0.161. The topological polar surface area (TPSA) is 77.0 Å². The molecule has 0 aliphatic rings. The SMILES string of the molecule is CN(Cc1cnn(C)c1)C(=O)c1cc(N)ccn1. The molecule has 2 rings (SSSR count). The molecular formula is C12H15N5O. The lowest BCUT2D eigenvalue weighted by atomic mass is 10.2. The molecule has 1 amide bonds. The van der Waals surface area contributed by atoms with E-state index in [1.807, 2.05) is 13.2 Å². The van der Waals surface area contributed by atoms with Crippen molar-refractivity contribution in [3.63, 3.8) is 0 Å². The van der Waals surface area contributed by atoms with Crippen molar-refractivity contribution in [2.45, 2.75) is 6.54 Å². The Bertz CT molecular complexity index is 563. The first kappa shape index (κ1) is 12.1. The zero-order valence-electron chi connectivity index (χ0n) is 10.4. The Morgan fingerprint density at radius 3 is 2.94 bits per heavy atom. The van der Waals surface area contributed by atoms with Gasteiger partial charge < -0.3 is 10.6 Å². The molecule has 0 aromatic carbocycles. The summed E-state index contributed by atoms with van der Waals surface area (Å²) in [6, 6.07) is 3.22. The molecule has 2 heterocycles. The molecule has 94 valence electrons. The Balaban J connectivity index is 2.09. The molecule has 0 unspecified atom stereocenters. The minimum absolute atomic E-state index is 0.161. The summed E-state index contributed by atoms with van der Waals surface area (Å²) in [5, 5.41) is 4.06. The number of carbonyl (C=O) groups is 1. The number of hydrogen-bond donors (Lipinski definition) is 1. The van der Waals surface area contributed by atoms with Crippen LogP contribution in [0.15, 0.2) is 30.7 Å². The first-order valence-corrected chi connectivity index (χ1v) is 5.51. The Labute approximate surface area is 105 Å². The Hall–Kier alpha value is -2.37. The van der Waals surface area contributed by atoms with Crippen LogP contribution < -0.4 is 5.73 Å². The number of rotatable bonds is 3. The van der Waals surface area contributed by atoms with Crippen LogP contribution in [0, 0.1) is 0 Å². The number of amides is 1. The smallest absolute Gasteiger partial charge is 0.272 e. The third-order valence-electron chi connectivity index (χ3n) is 2.53. The lowest BCUT2D eigenvalue weighted by molar-refractivity contribution is 0.0779. The molecule has 6 nitrogen and oxygen atoms in total. The van der Waals surface area contributed by atoms with E-state index in [-0.39, 0.29) is 5.91 Å². The molecule has 0 saturated carbocycles. The van der Waals surface area contributed by atoms with Gasteiger partial charge in [-0.2, -0.15) is 5.10 Å². The lowest BCUT2D eigenvalue weighted by Gasteiger charge is -2.15. The average molecular weight is 245 g/mol. The van der Waals surface area contributed by atoms with Crippen molar-refractivity contribution in [3.8, 4) is 0 Å². The van der Waals surface area contributed by atoms with Crippen LogP contribution in [0.2, 0.25) is 0 Å². The molecular weight excluding hydrogens is 230 g/mol. The van der Waals surface area contributed by atoms with Gasteiger partial charge in [-0.1, -0.05) is 0 Å². The first-order valence-electron chi connectivity index (χ1n) is 5.51. The van der Waals surface area contributed by atoms with E-state index in [9.17, 15) is 4.79 Å². The zero-order chi connectivity index (χ0) is 13.1. The monoisotopic (exact) mass is 245 g/mol. The molecule has 18 heavy (non-hydrogen) atoms. The van der Waals surface area contributed by atoms with Gasteiger partial charge in [-0.15, -0.1) is 0 Å². The van der Waals surface area contributed by atoms with Crippen molar-refractivity contribution in [1.29, 1.82) is 0 Å². The third-order valence-corrected chi connectivity index (χ3v) is 2.53. The summed E-state index contributed by atoms with van der Waals surface area (Å²) < 4.78 is 1.70. The van der Waals surface area contributed by atoms with Crippen molar-refractivity contribution in [2.24, 2.45) is 7.05 Å². The summed E-state index contributed by atoms with van der Waals surface area (Å²) in [4.78, 5) is 17.7. The van der Waals surface area contributed by atoms with Crippen LogP contribution in [0.5, 0.6) is 0 Å². The molecule has 0 atom stereocenters. The van der Waals surface area contributed by atoms with Gasteiger partial charge in [0.05, 0.1) is 6.20 Å². The summed E-state index contributed by atoms with van der Waals surface area (Å²) >= 11 is 0. The highest BCUT2D eigenvalue weighted by Gasteiger charge is 2.14. The summed E-state index contributed by atoms with van der Waals surface area (Å²) in [5.74, 6) is -0.161. The molecule has 0 radical (unpaired) electrons. The van der Waals surface area contributed by atoms with Crippen molar-refractivity contribution >= 4 is 11.6 Å². The number of pyridine rings is 1. The maximum Gasteiger partial charge on any atom is 0.272 e. The van der Waals surface area contributed by atoms with Crippen LogP contribution in [-0.2, 0) is 13.6 Å². The van der Waals surface area contributed by atoms with Crippen LogP contribution in [0.1, 0.15) is 16.1 Å². The van der Waals surface area contributed by atoms with E-state index < -0.39 is 0 Å². The Morgan fingerprint density at radius 2 is 2.33 bits per heavy atom. The number of carbonyl (C=O) groups excluding carboxylic acids is 1. The maximum absolute atomic E-state index is 12.1. The standard InChI is InChI=1S/C12H15N5O/c1-16(7-9-6-15-17(2)8-9)12(18)11-5-10(13)3-4-14-11/h3-6,8H,7H2,1-2H3,(H2,13,14).